The molecule has 3 unspecified atom stereocenters. The van der Waals surface area contributed by atoms with Crippen molar-refractivity contribution in [3.8, 4) is 0 Å². The van der Waals surface area contributed by atoms with E-state index < -0.39 is 41.1 Å². The first-order valence-electron chi connectivity index (χ1n) is 2.33. The first-order valence-corrected chi connectivity index (χ1v) is 5.58. The second kappa shape index (κ2) is 6.47. The highest BCUT2D eigenvalue weighted by Gasteiger charge is 2.23. The summed E-state index contributed by atoms with van der Waals surface area (Å²) in [6, 6.07) is -1.41. The smallest absolute Gasteiger partial charge is 0.402 e. The Morgan fingerprint density at radius 1 is 1.08 bits per heavy atom. The molecule has 78 valence electrons. The lowest BCUT2D eigenvalue weighted by Crippen LogP contribution is -2.47. The molecule has 2 amide bonds. The summed E-state index contributed by atoms with van der Waals surface area (Å²) in [5.74, 6) is 0. The van der Waals surface area contributed by atoms with Crippen LogP contribution in [0.2, 0.25) is 0 Å². The molecule has 0 aromatic carbocycles. The number of nitrogens with one attached hydrogen (secondary N) is 3. The highest BCUT2D eigenvalue weighted by atomic mass is 32.3. The van der Waals surface area contributed by atoms with E-state index in [2.05, 4.69) is 0 Å². The number of amides is 2. The van der Waals surface area contributed by atoms with Gasteiger partial charge >= 0.3 is 29.5 Å². The predicted octanol–water partition coefficient (Wildman–Crippen LogP) is -1.45. The minimum atomic E-state index is -3.12. The Morgan fingerprint density at radius 3 is 2.00 bits per heavy atom. The summed E-state index contributed by atoms with van der Waals surface area (Å²) in [5.41, 5.74) is 0. The SMILES string of the molecule is O=C(N[S+]([O-])F)N[S+]([O-])N[S+]([O-])F. The zero-order valence-electron chi connectivity index (χ0n) is 5.61. The molecule has 0 aromatic heterocycles. The number of carbonyl (C=O) groups excluding carboxylic acids is 1. The van der Waals surface area contributed by atoms with Crippen LogP contribution >= 0.6 is 0 Å². The molecule has 0 aliphatic carbocycles. The molecule has 0 rings (SSSR count). The maximum atomic E-state index is 11.5. The van der Waals surface area contributed by atoms with E-state index in [1.807, 2.05) is 0 Å². The summed E-state index contributed by atoms with van der Waals surface area (Å²) >= 11 is -8.69. The average molecular weight is 255 g/mol. The number of hydrogen-bond donors (Lipinski definition) is 3. The van der Waals surface area contributed by atoms with Crippen LogP contribution in [-0.4, -0.2) is 19.7 Å². The molecule has 0 spiro atoms. The molecule has 0 aliphatic heterocycles. The summed E-state index contributed by atoms with van der Waals surface area (Å²) in [4.78, 5) is 10.3. The van der Waals surface area contributed by atoms with E-state index in [1.165, 1.54) is 8.85 Å². The van der Waals surface area contributed by atoms with E-state index in [9.17, 15) is 26.2 Å². The number of halogens is 2. The number of hydrogen-bond acceptors (Lipinski definition) is 5. The van der Waals surface area contributed by atoms with Gasteiger partial charge in [0.2, 0.25) is 11.5 Å². The molecule has 0 aromatic rings. The van der Waals surface area contributed by atoms with Crippen molar-refractivity contribution in [2.75, 3.05) is 0 Å². The van der Waals surface area contributed by atoms with Gasteiger partial charge in [0.1, 0.15) is 4.13 Å². The van der Waals surface area contributed by atoms with Crippen LogP contribution in [0.1, 0.15) is 0 Å². The van der Waals surface area contributed by atoms with Crippen molar-refractivity contribution < 1.29 is 26.2 Å². The summed E-state index contributed by atoms with van der Waals surface area (Å²) in [5, 5.41) is 0. The number of carbonyl (C=O) groups is 1. The fourth-order valence-electron chi connectivity index (χ4n) is 0.258. The molecule has 0 bridgehead atoms. The van der Waals surface area contributed by atoms with Crippen LogP contribution in [-0.2, 0) is 35.0 Å². The Hall–Kier alpha value is 0.0200. The van der Waals surface area contributed by atoms with Gasteiger partial charge in [0.25, 0.3) is 0 Å². The van der Waals surface area contributed by atoms with E-state index in [0.717, 1.165) is 4.72 Å². The zero-order chi connectivity index (χ0) is 10.4. The van der Waals surface area contributed by atoms with E-state index in [0.29, 0.717) is 0 Å². The monoisotopic (exact) mass is 255 g/mol. The summed E-state index contributed by atoms with van der Waals surface area (Å²) in [6.07, 6.45) is 0. The molecule has 0 radical (unpaired) electrons. The molecule has 0 saturated carbocycles. The van der Waals surface area contributed by atoms with Gasteiger partial charge < -0.3 is 13.7 Å². The molecule has 12 heteroatoms. The normalized spacial score (nSPS) is 17.3. The first kappa shape index (κ1) is 13.0. The fraction of sp³-hybridized carbons (Fsp3) is 0. The van der Waals surface area contributed by atoms with Crippen LogP contribution < -0.4 is 13.6 Å². The topological polar surface area (TPSA) is 122 Å². The van der Waals surface area contributed by atoms with Gasteiger partial charge in [-0.1, -0.05) is 0 Å². The third-order valence-corrected chi connectivity index (χ3v) is 2.35. The molecule has 0 fully saturated rings. The highest BCUT2D eigenvalue weighted by Crippen LogP contribution is 1.89. The fourth-order valence-corrected chi connectivity index (χ4v) is 1.38. The molecular weight excluding hydrogens is 252 g/mol. The van der Waals surface area contributed by atoms with Gasteiger partial charge in [0.15, 0.2) is 0 Å². The minimum Gasteiger partial charge on any atom is -0.570 e. The summed E-state index contributed by atoms with van der Waals surface area (Å²) < 4.78 is 56.6. The number of rotatable bonds is 4. The van der Waals surface area contributed by atoms with Gasteiger partial charge in [-0.2, -0.15) is 0 Å². The van der Waals surface area contributed by atoms with Gasteiger partial charge in [-0.25, -0.2) is 4.79 Å². The van der Waals surface area contributed by atoms with E-state index in [1.54, 1.807) is 0 Å². The first-order chi connectivity index (χ1) is 5.91. The lowest BCUT2D eigenvalue weighted by Gasteiger charge is -2.06. The maximum Gasteiger partial charge on any atom is 0.402 e. The summed E-state index contributed by atoms with van der Waals surface area (Å²) in [7, 11) is 0. The highest BCUT2D eigenvalue weighted by molar-refractivity contribution is 8.01. The third kappa shape index (κ3) is 8.35. The van der Waals surface area contributed by atoms with Crippen molar-refractivity contribution in [1.82, 2.24) is 13.6 Å². The lowest BCUT2D eigenvalue weighted by atomic mass is 11.2. The van der Waals surface area contributed by atoms with Crippen LogP contribution in [0, 0.1) is 0 Å². The Bertz CT molecular complexity index is 171. The van der Waals surface area contributed by atoms with Gasteiger partial charge in [0.05, 0.1) is 0 Å². The summed E-state index contributed by atoms with van der Waals surface area (Å²) in [6.45, 7) is 0. The van der Waals surface area contributed by atoms with Crippen molar-refractivity contribution in [2.24, 2.45) is 0 Å². The lowest BCUT2D eigenvalue weighted by molar-refractivity contribution is 0.250. The molecule has 0 saturated heterocycles. The Labute approximate surface area is 81.3 Å². The predicted molar refractivity (Wildman–Crippen MR) is 41.4 cm³/mol. The van der Waals surface area contributed by atoms with Gasteiger partial charge in [-0.3, -0.25) is 0 Å². The molecule has 0 heterocycles. The second-order valence-electron chi connectivity index (χ2n) is 1.33. The van der Waals surface area contributed by atoms with Crippen LogP contribution in [0.3, 0.4) is 0 Å². The maximum absolute atomic E-state index is 11.5. The second-order valence-corrected chi connectivity index (χ2v) is 3.84. The molecule has 7 nitrogen and oxygen atoms in total. The standard InChI is InChI=1S/CH3F2N3O4S3/c2-11(8)4-1(7)5-13(10)6-12(3)9/h6H,(H2,4,5,7). The van der Waals surface area contributed by atoms with Crippen molar-refractivity contribution in [3.63, 3.8) is 0 Å². The molecule has 3 N–H and O–H groups in total. The molecule has 13 heavy (non-hydrogen) atoms. The van der Waals surface area contributed by atoms with E-state index >= 15 is 0 Å². The zero-order valence-corrected chi connectivity index (χ0v) is 8.06. The third-order valence-electron chi connectivity index (χ3n) is 0.500. The average Bonchev–Trinajstić information content (AvgIpc) is 1.80. The van der Waals surface area contributed by atoms with Gasteiger partial charge in [0, 0.05) is 7.77 Å². The molecule has 3 atom stereocenters. The van der Waals surface area contributed by atoms with Crippen molar-refractivity contribution in [3.05, 3.63) is 0 Å². The quantitative estimate of drug-likeness (QED) is 0.530. The van der Waals surface area contributed by atoms with Crippen LogP contribution in [0.25, 0.3) is 0 Å². The van der Waals surface area contributed by atoms with Crippen molar-refractivity contribution in [1.29, 1.82) is 0 Å². The van der Waals surface area contributed by atoms with Crippen molar-refractivity contribution >= 4 is 41.1 Å². The van der Waals surface area contributed by atoms with E-state index in [4.69, 9.17) is 0 Å². The Kier molecular flexibility index (Phi) is 6.48. The van der Waals surface area contributed by atoms with E-state index in [-0.39, 0.29) is 0 Å². The number of urea groups is 1. The Morgan fingerprint density at radius 2 is 1.62 bits per heavy atom. The van der Waals surface area contributed by atoms with Crippen molar-refractivity contribution in [2.45, 2.75) is 0 Å². The molecule has 0 aliphatic rings. The largest absolute Gasteiger partial charge is 0.570 e. The van der Waals surface area contributed by atoms with Crippen LogP contribution in [0.15, 0.2) is 0 Å². The van der Waals surface area contributed by atoms with Gasteiger partial charge in [-0.05, 0) is 0 Å². The van der Waals surface area contributed by atoms with Gasteiger partial charge in [-0.15, -0.1) is 9.44 Å². The molecular formula is CH3F2N3O4S3. The minimum absolute atomic E-state index is 1.15. The van der Waals surface area contributed by atoms with Crippen LogP contribution in [0.5, 0.6) is 0 Å². The van der Waals surface area contributed by atoms with Crippen LogP contribution in [0.4, 0.5) is 12.6 Å². The Balaban J connectivity index is 3.65.